The molecule has 3 fully saturated rings. The van der Waals surface area contributed by atoms with Crippen molar-refractivity contribution in [3.63, 3.8) is 0 Å². The Kier molecular flexibility index (Phi) is 5.16. The first-order valence-corrected chi connectivity index (χ1v) is 12.8. The monoisotopic (exact) mass is 463 g/mol. The highest BCUT2D eigenvalue weighted by Gasteiger charge is 2.31. The Morgan fingerprint density at radius 1 is 1.15 bits per heavy atom. The van der Waals surface area contributed by atoms with E-state index >= 15 is 0 Å². The molecule has 0 spiro atoms. The van der Waals surface area contributed by atoms with Gasteiger partial charge in [-0.15, -0.1) is 11.3 Å². The summed E-state index contributed by atoms with van der Waals surface area (Å²) in [4.78, 5) is 31.0. The van der Waals surface area contributed by atoms with Gasteiger partial charge in [-0.05, 0) is 63.9 Å². The minimum absolute atomic E-state index is 0.0732. The zero-order valence-electron chi connectivity index (χ0n) is 18.8. The zero-order valence-corrected chi connectivity index (χ0v) is 19.6. The van der Waals surface area contributed by atoms with Crippen molar-refractivity contribution in [1.82, 2.24) is 19.9 Å². The lowest BCUT2D eigenvalue weighted by atomic mass is 10.1. The molecule has 6 rings (SSSR count). The van der Waals surface area contributed by atoms with E-state index in [2.05, 4.69) is 15.6 Å². The minimum Gasteiger partial charge on any atom is -0.369 e. The number of nitrogens with one attached hydrogen (secondary N) is 2. The van der Waals surface area contributed by atoms with E-state index < -0.39 is 0 Å². The second-order valence-electron chi connectivity index (χ2n) is 9.77. The lowest BCUT2D eigenvalue weighted by Crippen LogP contribution is -2.24. The number of pyridine rings is 1. The molecule has 3 aliphatic rings. The summed E-state index contributed by atoms with van der Waals surface area (Å²) in [6, 6.07) is 2.20. The van der Waals surface area contributed by atoms with E-state index in [0.29, 0.717) is 11.9 Å². The maximum absolute atomic E-state index is 11.7. The average molecular weight is 464 g/mol. The molecule has 3 aliphatic carbocycles. The second-order valence-corrected chi connectivity index (χ2v) is 10.8. The van der Waals surface area contributed by atoms with E-state index in [-0.39, 0.29) is 17.9 Å². The van der Waals surface area contributed by atoms with Crippen molar-refractivity contribution >= 4 is 39.2 Å². The number of nitrogens with two attached hydrogens (primary N) is 1. The van der Waals surface area contributed by atoms with Gasteiger partial charge >= 0.3 is 0 Å². The molecule has 1 amide bonds. The fourth-order valence-electron chi connectivity index (χ4n) is 4.77. The number of fused-ring (bicyclic) bond motifs is 1. The molecule has 2 unspecified atom stereocenters. The number of hydrogen-bond acceptors (Lipinski definition) is 8. The third-order valence-electron chi connectivity index (χ3n) is 7.02. The number of aryl methyl sites for hydroxylation is 1. The number of carbonyl (C=O) groups excluding carboxylic acids is 1. The highest BCUT2D eigenvalue weighted by Crippen LogP contribution is 2.44. The van der Waals surface area contributed by atoms with Gasteiger partial charge in [0, 0.05) is 30.6 Å². The van der Waals surface area contributed by atoms with Crippen molar-refractivity contribution in [3.05, 3.63) is 23.7 Å². The van der Waals surface area contributed by atoms with Gasteiger partial charge in [-0.3, -0.25) is 9.78 Å². The van der Waals surface area contributed by atoms with Crippen molar-refractivity contribution in [3.8, 4) is 10.6 Å². The Bertz CT molecular complexity index is 1220. The third-order valence-corrected chi connectivity index (χ3v) is 8.06. The summed E-state index contributed by atoms with van der Waals surface area (Å²) in [6.07, 6.45) is 9.28. The molecule has 0 aliphatic heterocycles. The molecule has 3 heterocycles. The van der Waals surface area contributed by atoms with E-state index in [1.165, 1.54) is 25.7 Å². The Morgan fingerprint density at radius 2 is 2.00 bits per heavy atom. The summed E-state index contributed by atoms with van der Waals surface area (Å²) in [6.45, 7) is 2.93. The Labute approximate surface area is 196 Å². The molecule has 2 atom stereocenters. The molecule has 0 bridgehead atoms. The number of amides is 1. The average Bonchev–Trinajstić information content (AvgIpc) is 3.71. The van der Waals surface area contributed by atoms with Gasteiger partial charge < -0.3 is 16.4 Å². The molecular weight excluding hydrogens is 434 g/mol. The highest BCUT2D eigenvalue weighted by atomic mass is 32.1. The second kappa shape index (κ2) is 8.20. The van der Waals surface area contributed by atoms with Crippen LogP contribution >= 0.6 is 11.3 Å². The van der Waals surface area contributed by atoms with Crippen LogP contribution in [0.5, 0.6) is 0 Å². The van der Waals surface area contributed by atoms with E-state index in [0.717, 1.165) is 69.7 Å². The quantitative estimate of drug-likeness (QED) is 0.457. The molecule has 33 heavy (non-hydrogen) atoms. The SMILES string of the molecule is Cc1nc(NCC2CC2)nc(NC2CCC(C(N)=O)C2)c1-c1nc2c(C3CC3)nccc2s1. The van der Waals surface area contributed by atoms with Crippen LogP contribution in [0.15, 0.2) is 12.3 Å². The van der Waals surface area contributed by atoms with Gasteiger partial charge in [-0.2, -0.15) is 4.98 Å². The smallest absolute Gasteiger partial charge is 0.224 e. The highest BCUT2D eigenvalue weighted by molar-refractivity contribution is 7.21. The molecule has 0 aromatic carbocycles. The van der Waals surface area contributed by atoms with Gasteiger partial charge in [0.25, 0.3) is 0 Å². The number of nitrogens with zero attached hydrogens (tertiary/aromatic N) is 4. The zero-order chi connectivity index (χ0) is 22.5. The summed E-state index contributed by atoms with van der Waals surface area (Å²) in [5.74, 6) is 2.42. The van der Waals surface area contributed by atoms with Crippen molar-refractivity contribution in [2.45, 2.75) is 63.8 Å². The standard InChI is InChI=1S/C24H29N7OS/c1-12-18(23-30-20-17(33-23)8-9-26-19(20)14-4-5-14)22(29-16-7-6-15(10-16)21(25)32)31-24(28-12)27-11-13-2-3-13/h8-9,13-16H,2-7,10-11H2,1H3,(H2,25,32)(H2,27,28,29,31). The third kappa shape index (κ3) is 4.26. The summed E-state index contributed by atoms with van der Waals surface area (Å²) >= 11 is 1.67. The van der Waals surface area contributed by atoms with Gasteiger partial charge in [0.15, 0.2) is 0 Å². The van der Waals surface area contributed by atoms with Crippen LogP contribution in [0.2, 0.25) is 0 Å². The summed E-state index contributed by atoms with van der Waals surface area (Å²) in [5, 5.41) is 7.95. The molecule has 9 heteroatoms. The maximum Gasteiger partial charge on any atom is 0.224 e. The van der Waals surface area contributed by atoms with Gasteiger partial charge in [0.2, 0.25) is 11.9 Å². The molecule has 3 aromatic heterocycles. The van der Waals surface area contributed by atoms with Crippen LogP contribution in [0, 0.1) is 18.8 Å². The molecule has 8 nitrogen and oxygen atoms in total. The molecule has 0 radical (unpaired) electrons. The Morgan fingerprint density at radius 3 is 2.73 bits per heavy atom. The van der Waals surface area contributed by atoms with Gasteiger partial charge in [0.1, 0.15) is 16.3 Å². The van der Waals surface area contributed by atoms with E-state index in [9.17, 15) is 4.79 Å². The number of aromatic nitrogens is 4. The lowest BCUT2D eigenvalue weighted by Gasteiger charge is -2.18. The van der Waals surface area contributed by atoms with Crippen LogP contribution in [-0.2, 0) is 4.79 Å². The fraction of sp³-hybridized carbons (Fsp3) is 0.542. The number of thiazole rings is 1. The van der Waals surface area contributed by atoms with E-state index in [1.54, 1.807) is 11.3 Å². The molecule has 3 saturated carbocycles. The number of hydrogen-bond donors (Lipinski definition) is 3. The Hall–Kier alpha value is -2.81. The van der Waals surface area contributed by atoms with Crippen molar-refractivity contribution in [2.24, 2.45) is 17.6 Å². The van der Waals surface area contributed by atoms with Crippen molar-refractivity contribution < 1.29 is 4.79 Å². The predicted octanol–water partition coefficient (Wildman–Crippen LogP) is 4.22. The molecule has 4 N–H and O–H groups in total. The normalized spacial score (nSPS) is 22.6. The first kappa shape index (κ1) is 20.8. The van der Waals surface area contributed by atoms with Crippen molar-refractivity contribution in [1.29, 1.82) is 0 Å². The summed E-state index contributed by atoms with van der Waals surface area (Å²) in [7, 11) is 0. The molecule has 172 valence electrons. The van der Waals surface area contributed by atoms with E-state index in [4.69, 9.17) is 20.7 Å². The topological polar surface area (TPSA) is 119 Å². The fourth-order valence-corrected chi connectivity index (χ4v) is 5.84. The van der Waals surface area contributed by atoms with Gasteiger partial charge in [-0.1, -0.05) is 0 Å². The lowest BCUT2D eigenvalue weighted by molar-refractivity contribution is -0.121. The van der Waals surface area contributed by atoms with Crippen molar-refractivity contribution in [2.75, 3.05) is 17.2 Å². The van der Waals surface area contributed by atoms with Crippen LogP contribution in [0.1, 0.15) is 62.3 Å². The van der Waals surface area contributed by atoms with Crippen LogP contribution in [0.3, 0.4) is 0 Å². The Balaban J connectivity index is 1.37. The number of rotatable bonds is 8. The molecule has 3 aromatic rings. The number of anilines is 2. The molecular formula is C24H29N7OS. The first-order valence-electron chi connectivity index (χ1n) is 12.0. The van der Waals surface area contributed by atoms with Gasteiger partial charge in [0.05, 0.1) is 21.7 Å². The van der Waals surface area contributed by atoms with Crippen LogP contribution < -0.4 is 16.4 Å². The number of primary amides is 1. The van der Waals surface area contributed by atoms with Crippen LogP contribution in [0.25, 0.3) is 20.8 Å². The predicted molar refractivity (Wildman–Crippen MR) is 130 cm³/mol. The first-order chi connectivity index (χ1) is 16.0. The maximum atomic E-state index is 11.7. The van der Waals surface area contributed by atoms with Crippen LogP contribution in [0.4, 0.5) is 11.8 Å². The number of carbonyl (C=O) groups is 1. The van der Waals surface area contributed by atoms with E-state index in [1.807, 2.05) is 19.2 Å². The van der Waals surface area contributed by atoms with Crippen LogP contribution in [-0.4, -0.2) is 38.4 Å². The summed E-state index contributed by atoms with van der Waals surface area (Å²) in [5.41, 5.74) is 9.53. The van der Waals surface area contributed by atoms with Gasteiger partial charge in [-0.25, -0.2) is 9.97 Å². The summed E-state index contributed by atoms with van der Waals surface area (Å²) < 4.78 is 1.15. The largest absolute Gasteiger partial charge is 0.369 e. The minimum atomic E-state index is -0.212. The molecule has 0 saturated heterocycles.